The summed E-state index contributed by atoms with van der Waals surface area (Å²) in [6.07, 6.45) is 0. The summed E-state index contributed by atoms with van der Waals surface area (Å²) in [6.45, 7) is 2.12. The van der Waals surface area contributed by atoms with Crippen LogP contribution in [0.15, 0.2) is 48.5 Å². The molecule has 2 heteroatoms. The van der Waals surface area contributed by atoms with Gasteiger partial charge in [0, 0.05) is 15.1 Å². The van der Waals surface area contributed by atoms with Crippen molar-refractivity contribution in [3.63, 3.8) is 0 Å². The highest BCUT2D eigenvalue weighted by atomic mass is 32.1. The van der Waals surface area contributed by atoms with Crippen LogP contribution in [0.4, 0.5) is 0 Å². The number of ether oxygens (including phenoxy) is 1. The summed E-state index contributed by atoms with van der Waals surface area (Å²) in [6, 6.07) is 17.0. The van der Waals surface area contributed by atoms with Crippen LogP contribution in [0, 0.1) is 6.92 Å². The van der Waals surface area contributed by atoms with Crippen LogP contribution >= 0.6 is 11.3 Å². The normalized spacial score (nSPS) is 10.8. The Morgan fingerprint density at radius 3 is 2.67 bits per heavy atom. The first-order valence-corrected chi connectivity index (χ1v) is 6.73. The van der Waals surface area contributed by atoms with Crippen molar-refractivity contribution < 1.29 is 4.74 Å². The monoisotopic (exact) mass is 254 g/mol. The second-order valence-corrected chi connectivity index (χ2v) is 5.44. The summed E-state index contributed by atoms with van der Waals surface area (Å²) >= 11 is 1.81. The molecule has 0 aliphatic heterocycles. The molecule has 2 aromatic carbocycles. The van der Waals surface area contributed by atoms with Crippen molar-refractivity contribution in [2.75, 3.05) is 7.11 Å². The summed E-state index contributed by atoms with van der Waals surface area (Å²) in [5.41, 5.74) is 2.46. The Labute approximate surface area is 111 Å². The first-order chi connectivity index (χ1) is 8.78. The number of methoxy groups -OCH3 is 1. The maximum Gasteiger partial charge on any atom is 0.127 e. The van der Waals surface area contributed by atoms with Crippen molar-refractivity contribution in [2.24, 2.45) is 0 Å². The molecular weight excluding hydrogens is 240 g/mol. The van der Waals surface area contributed by atoms with E-state index in [1.54, 1.807) is 7.11 Å². The fourth-order valence-corrected chi connectivity index (χ4v) is 3.22. The lowest BCUT2D eigenvalue weighted by molar-refractivity contribution is 0.416. The third-order valence-corrected chi connectivity index (χ3v) is 4.19. The largest absolute Gasteiger partial charge is 0.496 e. The summed E-state index contributed by atoms with van der Waals surface area (Å²) in [4.78, 5) is 1.26. The maximum atomic E-state index is 5.43. The first-order valence-electron chi connectivity index (χ1n) is 5.91. The molecule has 0 fully saturated rings. The van der Waals surface area contributed by atoms with Gasteiger partial charge in [0.2, 0.25) is 0 Å². The minimum absolute atomic E-state index is 0.931. The predicted octanol–water partition coefficient (Wildman–Crippen LogP) is 4.89. The molecule has 0 atom stereocenters. The van der Waals surface area contributed by atoms with E-state index in [9.17, 15) is 0 Å². The number of fused-ring (bicyclic) bond motifs is 1. The van der Waals surface area contributed by atoms with Crippen molar-refractivity contribution in [3.8, 4) is 16.2 Å². The van der Waals surface area contributed by atoms with Crippen LogP contribution in [0.25, 0.3) is 20.5 Å². The maximum absolute atomic E-state index is 5.43. The van der Waals surface area contributed by atoms with Crippen LogP contribution in [0.1, 0.15) is 5.56 Å². The van der Waals surface area contributed by atoms with Crippen LogP contribution < -0.4 is 4.74 Å². The Morgan fingerprint density at radius 1 is 1.00 bits per heavy atom. The van der Waals surface area contributed by atoms with E-state index >= 15 is 0 Å². The van der Waals surface area contributed by atoms with Crippen LogP contribution in [0.5, 0.6) is 5.75 Å². The van der Waals surface area contributed by atoms with E-state index in [0.29, 0.717) is 0 Å². The number of para-hydroxylation sites is 1. The molecule has 1 aromatic heterocycles. The van der Waals surface area contributed by atoms with Gasteiger partial charge < -0.3 is 4.74 Å². The van der Waals surface area contributed by atoms with Gasteiger partial charge in [0.1, 0.15) is 5.75 Å². The molecule has 3 rings (SSSR count). The third kappa shape index (κ3) is 1.89. The number of thiophene rings is 1. The zero-order chi connectivity index (χ0) is 12.5. The molecule has 0 saturated carbocycles. The first kappa shape index (κ1) is 11.3. The number of rotatable bonds is 2. The fourth-order valence-electron chi connectivity index (χ4n) is 2.14. The molecule has 0 saturated heterocycles. The van der Waals surface area contributed by atoms with Gasteiger partial charge >= 0.3 is 0 Å². The highest BCUT2D eigenvalue weighted by Crippen LogP contribution is 2.38. The minimum atomic E-state index is 0.931. The van der Waals surface area contributed by atoms with Crippen LogP contribution in [0.3, 0.4) is 0 Å². The lowest BCUT2D eigenvalue weighted by Gasteiger charge is -2.05. The lowest BCUT2D eigenvalue weighted by Crippen LogP contribution is -1.84. The Bertz CT molecular complexity index is 697. The van der Waals surface area contributed by atoms with Crippen molar-refractivity contribution in [1.82, 2.24) is 0 Å². The van der Waals surface area contributed by atoms with Gasteiger partial charge in [0.15, 0.2) is 0 Å². The predicted molar refractivity (Wildman–Crippen MR) is 78.6 cm³/mol. The summed E-state index contributed by atoms with van der Waals surface area (Å²) in [7, 11) is 1.72. The van der Waals surface area contributed by atoms with E-state index in [1.807, 2.05) is 29.5 Å². The number of benzene rings is 2. The van der Waals surface area contributed by atoms with E-state index in [0.717, 1.165) is 5.75 Å². The van der Waals surface area contributed by atoms with Crippen molar-refractivity contribution >= 4 is 21.4 Å². The molecule has 0 amide bonds. The molecule has 3 aromatic rings. The molecule has 0 N–H and O–H groups in total. The second-order valence-electron chi connectivity index (χ2n) is 4.35. The molecule has 0 spiro atoms. The van der Waals surface area contributed by atoms with Gasteiger partial charge in [0.05, 0.1) is 7.11 Å². The second kappa shape index (κ2) is 4.46. The highest BCUT2D eigenvalue weighted by Gasteiger charge is 2.08. The van der Waals surface area contributed by atoms with E-state index in [2.05, 4.69) is 37.3 Å². The topological polar surface area (TPSA) is 9.23 Å². The molecule has 18 heavy (non-hydrogen) atoms. The smallest absolute Gasteiger partial charge is 0.127 e. The van der Waals surface area contributed by atoms with Gasteiger partial charge in [-0.1, -0.05) is 29.8 Å². The Balaban J connectivity index is 2.19. The average molecular weight is 254 g/mol. The standard InChI is InChI=1S/C16H14OS/c1-11-7-8-15-12(9-11)10-16(18-15)13-5-3-4-6-14(13)17-2/h3-10H,1-2H3. The highest BCUT2D eigenvalue weighted by molar-refractivity contribution is 7.22. The molecule has 1 heterocycles. The van der Waals surface area contributed by atoms with E-state index in [-0.39, 0.29) is 0 Å². The molecule has 0 aliphatic rings. The van der Waals surface area contributed by atoms with Crippen molar-refractivity contribution in [1.29, 1.82) is 0 Å². The zero-order valence-corrected chi connectivity index (χ0v) is 11.3. The molecule has 0 aliphatic carbocycles. The quantitative estimate of drug-likeness (QED) is 0.633. The summed E-state index contributed by atoms with van der Waals surface area (Å²) in [5, 5.41) is 1.31. The van der Waals surface area contributed by atoms with Gasteiger partial charge in [-0.2, -0.15) is 0 Å². The molecule has 90 valence electrons. The van der Waals surface area contributed by atoms with E-state index in [1.165, 1.54) is 26.1 Å². The van der Waals surface area contributed by atoms with Crippen LogP contribution in [-0.2, 0) is 0 Å². The molecule has 0 bridgehead atoms. The fraction of sp³-hybridized carbons (Fsp3) is 0.125. The Morgan fingerprint density at radius 2 is 1.83 bits per heavy atom. The molecule has 0 radical (unpaired) electrons. The van der Waals surface area contributed by atoms with Gasteiger partial charge in [-0.05, 0) is 36.6 Å². The van der Waals surface area contributed by atoms with Crippen LogP contribution in [0.2, 0.25) is 0 Å². The molecule has 0 unspecified atom stereocenters. The average Bonchev–Trinajstić information content (AvgIpc) is 2.81. The molecule has 1 nitrogen and oxygen atoms in total. The number of hydrogen-bond acceptors (Lipinski definition) is 2. The van der Waals surface area contributed by atoms with Crippen molar-refractivity contribution in [3.05, 3.63) is 54.1 Å². The third-order valence-electron chi connectivity index (χ3n) is 3.04. The van der Waals surface area contributed by atoms with Crippen molar-refractivity contribution in [2.45, 2.75) is 6.92 Å². The minimum Gasteiger partial charge on any atom is -0.496 e. The van der Waals surface area contributed by atoms with Crippen LogP contribution in [-0.4, -0.2) is 7.11 Å². The summed E-state index contributed by atoms with van der Waals surface area (Å²) in [5.74, 6) is 0.931. The van der Waals surface area contributed by atoms with E-state index in [4.69, 9.17) is 4.74 Å². The van der Waals surface area contributed by atoms with Gasteiger partial charge in [-0.25, -0.2) is 0 Å². The van der Waals surface area contributed by atoms with Gasteiger partial charge in [-0.15, -0.1) is 11.3 Å². The molecular formula is C16H14OS. The number of hydrogen-bond donors (Lipinski definition) is 0. The number of aryl methyl sites for hydroxylation is 1. The zero-order valence-electron chi connectivity index (χ0n) is 10.4. The van der Waals surface area contributed by atoms with Gasteiger partial charge in [-0.3, -0.25) is 0 Å². The summed E-state index contributed by atoms with van der Waals surface area (Å²) < 4.78 is 6.75. The van der Waals surface area contributed by atoms with E-state index < -0.39 is 0 Å². The van der Waals surface area contributed by atoms with Gasteiger partial charge in [0.25, 0.3) is 0 Å². The SMILES string of the molecule is COc1ccccc1-c1cc2cc(C)ccc2s1. The Hall–Kier alpha value is -1.80. The lowest BCUT2D eigenvalue weighted by atomic mass is 10.1. The Kier molecular flexibility index (Phi) is 2.80.